The molecule has 3 nitrogen and oxygen atoms in total. The molecule has 2 rings (SSSR count). The second-order valence-corrected chi connectivity index (χ2v) is 5.27. The quantitative estimate of drug-likeness (QED) is 0.746. The van der Waals surface area contributed by atoms with Crippen molar-refractivity contribution < 1.29 is 4.74 Å². The molecule has 3 heteroatoms. The summed E-state index contributed by atoms with van der Waals surface area (Å²) in [6.45, 7) is 9.54. The molecule has 0 saturated carbocycles. The fraction of sp³-hybridized carbons (Fsp3) is 1.00. The summed E-state index contributed by atoms with van der Waals surface area (Å²) in [6.07, 6.45) is 1.32. The molecule has 3 atom stereocenters. The number of nitrogens with zero attached hydrogens (tertiary/aromatic N) is 1. The lowest BCUT2D eigenvalue weighted by Gasteiger charge is -2.22. The van der Waals surface area contributed by atoms with Crippen molar-refractivity contribution in [2.24, 2.45) is 17.8 Å². The van der Waals surface area contributed by atoms with E-state index in [4.69, 9.17) is 4.74 Å². The third kappa shape index (κ3) is 2.92. The molecule has 0 aromatic carbocycles. The van der Waals surface area contributed by atoms with Gasteiger partial charge in [0.2, 0.25) is 0 Å². The summed E-state index contributed by atoms with van der Waals surface area (Å²) >= 11 is 0. The number of hydrogen-bond donors (Lipinski definition) is 1. The standard InChI is InChI=1S/C12H24N2O/c1-10-5-13-6-12(10)8-14-4-3-11(7-14)9-15-2/h10-13H,3-9H2,1-2H3/t10-,11?,12+/m1/s1. The highest BCUT2D eigenvalue weighted by Crippen LogP contribution is 2.22. The Kier molecular flexibility index (Phi) is 4.00. The largest absolute Gasteiger partial charge is 0.384 e. The Labute approximate surface area is 93.2 Å². The summed E-state index contributed by atoms with van der Waals surface area (Å²) in [7, 11) is 1.81. The molecule has 0 spiro atoms. The van der Waals surface area contributed by atoms with Crippen LogP contribution < -0.4 is 5.32 Å². The first-order chi connectivity index (χ1) is 7.29. The van der Waals surface area contributed by atoms with Crippen molar-refractivity contribution in [3.63, 3.8) is 0 Å². The van der Waals surface area contributed by atoms with Crippen LogP contribution in [0.1, 0.15) is 13.3 Å². The molecule has 0 radical (unpaired) electrons. The molecule has 2 fully saturated rings. The van der Waals surface area contributed by atoms with Gasteiger partial charge in [-0.05, 0) is 43.8 Å². The Balaban J connectivity index is 1.72. The summed E-state index contributed by atoms with van der Waals surface area (Å²) < 4.78 is 5.23. The lowest BCUT2D eigenvalue weighted by atomic mass is 9.98. The van der Waals surface area contributed by atoms with Crippen LogP contribution in [0.3, 0.4) is 0 Å². The van der Waals surface area contributed by atoms with E-state index in [-0.39, 0.29) is 0 Å². The zero-order valence-corrected chi connectivity index (χ0v) is 10.0. The number of methoxy groups -OCH3 is 1. The zero-order valence-electron chi connectivity index (χ0n) is 10.0. The molecule has 0 bridgehead atoms. The van der Waals surface area contributed by atoms with Gasteiger partial charge in [-0.15, -0.1) is 0 Å². The maximum Gasteiger partial charge on any atom is 0.0503 e. The average Bonchev–Trinajstić information content (AvgIpc) is 2.79. The van der Waals surface area contributed by atoms with Gasteiger partial charge in [-0.25, -0.2) is 0 Å². The molecule has 15 heavy (non-hydrogen) atoms. The monoisotopic (exact) mass is 212 g/mol. The van der Waals surface area contributed by atoms with Gasteiger partial charge in [0.05, 0.1) is 6.61 Å². The Morgan fingerprint density at radius 1 is 1.40 bits per heavy atom. The molecule has 2 aliphatic heterocycles. The third-order valence-electron chi connectivity index (χ3n) is 3.94. The Morgan fingerprint density at radius 3 is 2.93 bits per heavy atom. The topological polar surface area (TPSA) is 24.5 Å². The second kappa shape index (κ2) is 5.28. The van der Waals surface area contributed by atoms with Crippen LogP contribution in [-0.4, -0.2) is 51.3 Å². The molecule has 1 unspecified atom stereocenters. The molecule has 1 N–H and O–H groups in total. The molecule has 2 saturated heterocycles. The van der Waals surface area contributed by atoms with Gasteiger partial charge < -0.3 is 15.0 Å². The first-order valence-electron chi connectivity index (χ1n) is 6.21. The maximum absolute atomic E-state index is 5.23. The summed E-state index contributed by atoms with van der Waals surface area (Å²) in [5.74, 6) is 2.50. The predicted molar refractivity (Wildman–Crippen MR) is 61.9 cm³/mol. The summed E-state index contributed by atoms with van der Waals surface area (Å²) in [4.78, 5) is 2.62. The number of hydrogen-bond acceptors (Lipinski definition) is 3. The number of rotatable bonds is 4. The van der Waals surface area contributed by atoms with Gasteiger partial charge in [0.25, 0.3) is 0 Å². The minimum atomic E-state index is 0.777. The molecule has 0 aromatic heterocycles. The van der Waals surface area contributed by atoms with E-state index in [0.29, 0.717) is 0 Å². The van der Waals surface area contributed by atoms with Crippen LogP contribution in [0.25, 0.3) is 0 Å². The Hall–Kier alpha value is -0.120. The van der Waals surface area contributed by atoms with Gasteiger partial charge in [-0.2, -0.15) is 0 Å². The van der Waals surface area contributed by atoms with E-state index >= 15 is 0 Å². The van der Waals surface area contributed by atoms with Gasteiger partial charge >= 0.3 is 0 Å². The van der Waals surface area contributed by atoms with Gasteiger partial charge in [-0.3, -0.25) is 0 Å². The highest BCUT2D eigenvalue weighted by atomic mass is 16.5. The van der Waals surface area contributed by atoms with Crippen molar-refractivity contribution in [2.45, 2.75) is 13.3 Å². The first kappa shape index (κ1) is 11.4. The van der Waals surface area contributed by atoms with E-state index in [1.54, 1.807) is 0 Å². The van der Waals surface area contributed by atoms with Crippen LogP contribution in [0.15, 0.2) is 0 Å². The van der Waals surface area contributed by atoms with E-state index in [0.717, 1.165) is 24.4 Å². The third-order valence-corrected chi connectivity index (χ3v) is 3.94. The van der Waals surface area contributed by atoms with Crippen LogP contribution in [-0.2, 0) is 4.74 Å². The normalized spacial score (nSPS) is 37.6. The number of nitrogens with one attached hydrogen (secondary N) is 1. The van der Waals surface area contributed by atoms with Gasteiger partial charge in [0, 0.05) is 20.2 Å². The van der Waals surface area contributed by atoms with E-state index in [2.05, 4.69) is 17.1 Å². The average molecular weight is 212 g/mol. The highest BCUT2D eigenvalue weighted by Gasteiger charge is 2.28. The van der Waals surface area contributed by atoms with Crippen molar-refractivity contribution in [1.29, 1.82) is 0 Å². The second-order valence-electron chi connectivity index (χ2n) is 5.27. The molecular weight excluding hydrogens is 188 g/mol. The van der Waals surface area contributed by atoms with Gasteiger partial charge in [0.15, 0.2) is 0 Å². The van der Waals surface area contributed by atoms with Gasteiger partial charge in [-0.1, -0.05) is 6.92 Å². The molecule has 2 heterocycles. The van der Waals surface area contributed by atoms with Crippen LogP contribution in [0.4, 0.5) is 0 Å². The SMILES string of the molecule is COCC1CCN(C[C@@H]2CNC[C@H]2C)C1. The maximum atomic E-state index is 5.23. The molecular formula is C12H24N2O. The number of likely N-dealkylation sites (tertiary alicyclic amines) is 1. The lowest BCUT2D eigenvalue weighted by molar-refractivity contribution is 0.150. The predicted octanol–water partition coefficient (Wildman–Crippen LogP) is 0.810. The minimum Gasteiger partial charge on any atom is -0.384 e. The van der Waals surface area contributed by atoms with Crippen LogP contribution in [0.2, 0.25) is 0 Å². The zero-order chi connectivity index (χ0) is 10.7. The Morgan fingerprint density at radius 2 is 2.27 bits per heavy atom. The van der Waals surface area contributed by atoms with E-state index in [1.807, 2.05) is 7.11 Å². The first-order valence-corrected chi connectivity index (χ1v) is 6.21. The fourth-order valence-corrected chi connectivity index (χ4v) is 2.89. The summed E-state index contributed by atoms with van der Waals surface area (Å²) in [5, 5.41) is 3.48. The van der Waals surface area contributed by atoms with Crippen LogP contribution >= 0.6 is 0 Å². The molecule has 2 aliphatic rings. The fourth-order valence-electron chi connectivity index (χ4n) is 2.89. The van der Waals surface area contributed by atoms with Crippen LogP contribution in [0.5, 0.6) is 0 Å². The van der Waals surface area contributed by atoms with E-state index in [1.165, 1.54) is 39.1 Å². The summed E-state index contributed by atoms with van der Waals surface area (Å²) in [6, 6.07) is 0. The summed E-state index contributed by atoms with van der Waals surface area (Å²) in [5.41, 5.74) is 0. The number of ether oxygens (including phenoxy) is 1. The van der Waals surface area contributed by atoms with Crippen molar-refractivity contribution in [3.8, 4) is 0 Å². The highest BCUT2D eigenvalue weighted by molar-refractivity contribution is 4.83. The molecule has 0 amide bonds. The minimum absolute atomic E-state index is 0.777. The van der Waals surface area contributed by atoms with Crippen molar-refractivity contribution in [2.75, 3.05) is 46.4 Å². The smallest absolute Gasteiger partial charge is 0.0503 e. The molecule has 0 aliphatic carbocycles. The van der Waals surface area contributed by atoms with E-state index < -0.39 is 0 Å². The van der Waals surface area contributed by atoms with Gasteiger partial charge in [0.1, 0.15) is 0 Å². The van der Waals surface area contributed by atoms with Crippen molar-refractivity contribution in [3.05, 3.63) is 0 Å². The van der Waals surface area contributed by atoms with Crippen molar-refractivity contribution in [1.82, 2.24) is 10.2 Å². The Bertz CT molecular complexity index is 198. The van der Waals surface area contributed by atoms with Crippen LogP contribution in [0, 0.1) is 17.8 Å². The van der Waals surface area contributed by atoms with Crippen molar-refractivity contribution >= 4 is 0 Å². The van der Waals surface area contributed by atoms with E-state index in [9.17, 15) is 0 Å². The lowest BCUT2D eigenvalue weighted by Crippen LogP contribution is -2.31. The molecule has 0 aromatic rings. The molecule has 88 valence electrons.